The highest BCUT2D eigenvalue weighted by molar-refractivity contribution is 9.09. The third-order valence-corrected chi connectivity index (χ3v) is 3.13. The van der Waals surface area contributed by atoms with Crippen molar-refractivity contribution in [1.82, 2.24) is 5.32 Å². The van der Waals surface area contributed by atoms with E-state index >= 15 is 0 Å². The minimum absolute atomic E-state index is 0.541. The van der Waals surface area contributed by atoms with Gasteiger partial charge >= 0.3 is 0 Å². The Labute approximate surface area is 126 Å². The van der Waals surface area contributed by atoms with Gasteiger partial charge in [0.1, 0.15) is 0 Å². The molecule has 1 atom stereocenters. The normalized spacial score (nSPS) is 12.8. The summed E-state index contributed by atoms with van der Waals surface area (Å²) in [6.45, 7) is 9.47. The molecule has 0 saturated heterocycles. The second-order valence-electron chi connectivity index (χ2n) is 4.52. The standard InChI is InChI=1S/C14H30BrNO3/c1-3-4-8-17-10-12-19-13-11-18-9-7-16-14(2)5-6-15/h14,16H,3-13H2,1-2H3. The lowest BCUT2D eigenvalue weighted by atomic mass is 10.3. The molecule has 0 saturated carbocycles. The van der Waals surface area contributed by atoms with Gasteiger partial charge < -0.3 is 19.5 Å². The average Bonchev–Trinajstić information content (AvgIpc) is 2.40. The lowest BCUT2D eigenvalue weighted by Crippen LogP contribution is -2.30. The molecule has 5 heteroatoms. The van der Waals surface area contributed by atoms with E-state index in [1.165, 1.54) is 6.42 Å². The van der Waals surface area contributed by atoms with Crippen LogP contribution in [0.15, 0.2) is 0 Å². The summed E-state index contributed by atoms with van der Waals surface area (Å²) in [5.41, 5.74) is 0. The Morgan fingerprint density at radius 2 is 1.53 bits per heavy atom. The summed E-state index contributed by atoms with van der Waals surface area (Å²) in [5, 5.41) is 4.44. The van der Waals surface area contributed by atoms with E-state index in [2.05, 4.69) is 35.1 Å². The van der Waals surface area contributed by atoms with Crippen LogP contribution in [0.1, 0.15) is 33.1 Å². The van der Waals surface area contributed by atoms with Gasteiger partial charge in [-0.3, -0.25) is 0 Å². The number of halogens is 1. The number of alkyl halides is 1. The van der Waals surface area contributed by atoms with Gasteiger partial charge in [0.15, 0.2) is 0 Å². The maximum absolute atomic E-state index is 5.47. The number of nitrogens with one attached hydrogen (secondary N) is 1. The number of rotatable bonds is 15. The van der Waals surface area contributed by atoms with Crippen LogP contribution >= 0.6 is 15.9 Å². The summed E-state index contributed by atoms with van der Waals surface area (Å²) in [4.78, 5) is 0. The van der Waals surface area contributed by atoms with E-state index < -0.39 is 0 Å². The Morgan fingerprint density at radius 1 is 0.947 bits per heavy atom. The monoisotopic (exact) mass is 339 g/mol. The summed E-state index contributed by atoms with van der Waals surface area (Å²) in [5.74, 6) is 0. The topological polar surface area (TPSA) is 39.7 Å². The Balaban J connectivity index is 2.99. The molecule has 0 radical (unpaired) electrons. The SMILES string of the molecule is CCCCOCCOCCOCCNC(C)CCBr. The van der Waals surface area contributed by atoms with Crippen LogP contribution in [0, 0.1) is 0 Å². The Morgan fingerprint density at radius 3 is 2.11 bits per heavy atom. The summed E-state index contributed by atoms with van der Waals surface area (Å²) in [6, 6.07) is 0.541. The zero-order chi connectivity index (χ0) is 14.2. The largest absolute Gasteiger partial charge is 0.379 e. The van der Waals surface area contributed by atoms with E-state index in [1.54, 1.807) is 0 Å². The van der Waals surface area contributed by atoms with Crippen LogP contribution in [0.2, 0.25) is 0 Å². The number of ether oxygens (including phenoxy) is 3. The van der Waals surface area contributed by atoms with Gasteiger partial charge in [-0.2, -0.15) is 0 Å². The minimum Gasteiger partial charge on any atom is -0.379 e. The zero-order valence-corrected chi connectivity index (χ0v) is 14.0. The first kappa shape index (κ1) is 19.3. The van der Waals surface area contributed by atoms with Crippen LogP contribution in [-0.2, 0) is 14.2 Å². The van der Waals surface area contributed by atoms with Crippen LogP contribution < -0.4 is 5.32 Å². The van der Waals surface area contributed by atoms with Crippen LogP contribution in [0.4, 0.5) is 0 Å². The molecule has 1 N–H and O–H groups in total. The van der Waals surface area contributed by atoms with Crippen molar-refractivity contribution in [3.05, 3.63) is 0 Å². The maximum atomic E-state index is 5.47. The summed E-state index contributed by atoms with van der Waals surface area (Å²) >= 11 is 3.43. The van der Waals surface area contributed by atoms with Crippen molar-refractivity contribution in [2.45, 2.75) is 39.2 Å². The van der Waals surface area contributed by atoms with E-state index in [0.29, 0.717) is 32.5 Å². The highest BCUT2D eigenvalue weighted by atomic mass is 79.9. The molecule has 0 bridgehead atoms. The van der Waals surface area contributed by atoms with Crippen molar-refractivity contribution in [3.8, 4) is 0 Å². The first-order chi connectivity index (χ1) is 9.31. The van der Waals surface area contributed by atoms with E-state index in [9.17, 15) is 0 Å². The number of hydrogen-bond acceptors (Lipinski definition) is 4. The van der Waals surface area contributed by atoms with Crippen molar-refractivity contribution >= 4 is 15.9 Å². The fourth-order valence-corrected chi connectivity index (χ4v) is 2.12. The van der Waals surface area contributed by atoms with Crippen LogP contribution in [0.3, 0.4) is 0 Å². The second kappa shape index (κ2) is 16.4. The lowest BCUT2D eigenvalue weighted by Gasteiger charge is -2.12. The third-order valence-electron chi connectivity index (χ3n) is 2.67. The van der Waals surface area contributed by atoms with Gasteiger partial charge in [0.2, 0.25) is 0 Å². The summed E-state index contributed by atoms with van der Waals surface area (Å²) in [7, 11) is 0. The molecular weight excluding hydrogens is 310 g/mol. The second-order valence-corrected chi connectivity index (χ2v) is 5.32. The average molecular weight is 340 g/mol. The Bertz CT molecular complexity index is 173. The van der Waals surface area contributed by atoms with Gasteiger partial charge in [-0.25, -0.2) is 0 Å². The molecule has 0 aliphatic rings. The van der Waals surface area contributed by atoms with Crippen LogP contribution in [-0.4, -0.2) is 57.6 Å². The van der Waals surface area contributed by atoms with Crippen molar-refractivity contribution in [2.24, 2.45) is 0 Å². The number of hydrogen-bond donors (Lipinski definition) is 1. The van der Waals surface area contributed by atoms with Crippen molar-refractivity contribution < 1.29 is 14.2 Å². The van der Waals surface area contributed by atoms with Crippen molar-refractivity contribution in [1.29, 1.82) is 0 Å². The van der Waals surface area contributed by atoms with E-state index in [4.69, 9.17) is 14.2 Å². The van der Waals surface area contributed by atoms with Gasteiger partial charge in [0, 0.05) is 24.5 Å². The molecule has 0 spiro atoms. The first-order valence-corrected chi connectivity index (χ1v) is 8.46. The highest BCUT2D eigenvalue weighted by Gasteiger charge is 1.98. The van der Waals surface area contributed by atoms with E-state index in [0.717, 1.165) is 37.9 Å². The molecule has 0 rings (SSSR count). The third kappa shape index (κ3) is 16.3. The smallest absolute Gasteiger partial charge is 0.0701 e. The van der Waals surface area contributed by atoms with Crippen molar-refractivity contribution in [3.63, 3.8) is 0 Å². The van der Waals surface area contributed by atoms with Gasteiger partial charge in [-0.05, 0) is 19.8 Å². The van der Waals surface area contributed by atoms with Gasteiger partial charge in [-0.1, -0.05) is 29.3 Å². The zero-order valence-electron chi connectivity index (χ0n) is 12.5. The van der Waals surface area contributed by atoms with Gasteiger partial charge in [0.05, 0.1) is 33.0 Å². The Kier molecular flexibility index (Phi) is 16.7. The van der Waals surface area contributed by atoms with E-state index in [1.807, 2.05) is 0 Å². The molecule has 0 aromatic rings. The molecule has 116 valence electrons. The number of unbranched alkanes of at least 4 members (excludes halogenated alkanes) is 1. The van der Waals surface area contributed by atoms with Crippen LogP contribution in [0.25, 0.3) is 0 Å². The predicted octanol–water partition coefficient (Wildman–Crippen LogP) is 2.60. The molecular formula is C14H30BrNO3. The highest BCUT2D eigenvalue weighted by Crippen LogP contribution is 1.93. The maximum Gasteiger partial charge on any atom is 0.0701 e. The molecule has 4 nitrogen and oxygen atoms in total. The van der Waals surface area contributed by atoms with E-state index in [-0.39, 0.29) is 0 Å². The molecule has 0 amide bonds. The molecule has 1 unspecified atom stereocenters. The first-order valence-electron chi connectivity index (χ1n) is 7.33. The Hall–Kier alpha value is 0.320. The quantitative estimate of drug-likeness (QED) is 0.367. The van der Waals surface area contributed by atoms with Crippen molar-refractivity contribution in [2.75, 3.05) is 51.5 Å². The molecule has 0 aliphatic heterocycles. The molecule has 0 aromatic carbocycles. The molecule has 0 aromatic heterocycles. The fraction of sp³-hybridized carbons (Fsp3) is 1.00. The summed E-state index contributed by atoms with van der Waals surface area (Å²) < 4.78 is 16.3. The molecule has 0 heterocycles. The lowest BCUT2D eigenvalue weighted by molar-refractivity contribution is 0.0144. The predicted molar refractivity (Wildman–Crippen MR) is 83.2 cm³/mol. The van der Waals surface area contributed by atoms with Gasteiger partial charge in [-0.15, -0.1) is 0 Å². The molecule has 19 heavy (non-hydrogen) atoms. The van der Waals surface area contributed by atoms with Gasteiger partial charge in [0.25, 0.3) is 0 Å². The van der Waals surface area contributed by atoms with Crippen LogP contribution in [0.5, 0.6) is 0 Å². The molecule has 0 aliphatic carbocycles. The summed E-state index contributed by atoms with van der Waals surface area (Å²) in [6.07, 6.45) is 3.45. The minimum atomic E-state index is 0.541. The molecule has 0 fully saturated rings. The fourth-order valence-electron chi connectivity index (χ4n) is 1.43.